The number of alkyl carbamates (subject to hydrolysis) is 3. The molecule has 0 aliphatic carbocycles. The molecule has 0 saturated carbocycles. The van der Waals surface area contributed by atoms with E-state index in [0.29, 0.717) is 91.7 Å². The second-order valence-electron chi connectivity index (χ2n) is 27.8. The Balaban J connectivity index is 0.000000366. The molecule has 50 nitrogen and oxygen atoms in total. The van der Waals surface area contributed by atoms with Gasteiger partial charge in [-0.05, 0) is 125 Å². The van der Waals surface area contributed by atoms with Crippen molar-refractivity contribution in [2.75, 3.05) is 103 Å². The first kappa shape index (κ1) is 96.5. The highest BCUT2D eigenvalue weighted by Gasteiger charge is 2.26. The minimum Gasteiger partial charge on any atom is -0.465 e. The number of nitrogens with zero attached hydrogens (tertiary/aromatic N) is 17. The minimum absolute atomic E-state index is 0. The van der Waals surface area contributed by atoms with Gasteiger partial charge in [0.15, 0.2) is 62.8 Å². The van der Waals surface area contributed by atoms with Gasteiger partial charge in [0.25, 0.3) is 0 Å². The number of amides is 3. The molecule has 10 rings (SSSR count). The third-order valence-corrected chi connectivity index (χ3v) is 12.3. The third-order valence-electron chi connectivity index (χ3n) is 12.3. The summed E-state index contributed by atoms with van der Waals surface area (Å²) in [6.45, 7) is 32.5. The Morgan fingerprint density at radius 1 is 0.431 bits per heavy atom. The number of aryl methyl sites for hydroxylation is 1. The first-order valence-electron chi connectivity index (χ1n) is 34.9. The van der Waals surface area contributed by atoms with Crippen LogP contribution in [0.5, 0.6) is 0 Å². The molecule has 10 aromatic heterocycles. The normalized spacial score (nSPS) is 10.9. The lowest BCUT2D eigenvalue weighted by molar-refractivity contribution is -0.144. The number of rotatable bonds is 18. The maximum absolute atomic E-state index is 11.7. The molecule has 3 amide bonds. The smallest absolute Gasteiger partial charge is 0.465 e. The van der Waals surface area contributed by atoms with Crippen LogP contribution in [-0.2, 0) is 60.6 Å². The number of hydrogen-bond donors (Lipinski definition) is 18. The fourth-order valence-corrected chi connectivity index (χ4v) is 8.23. The molecule has 50 heteroatoms. The van der Waals surface area contributed by atoms with Crippen LogP contribution < -0.4 is 82.7 Å². The van der Waals surface area contributed by atoms with Crippen molar-refractivity contribution in [3.05, 3.63) is 37.5 Å². The van der Waals surface area contributed by atoms with E-state index in [2.05, 4.69) is 148 Å². The summed E-state index contributed by atoms with van der Waals surface area (Å²) in [6, 6.07) is 0. The predicted octanol–water partition coefficient (Wildman–Crippen LogP) is 4.90. The van der Waals surface area contributed by atoms with Gasteiger partial charge < -0.3 is 145 Å². The van der Waals surface area contributed by atoms with Gasteiger partial charge in [0.05, 0.1) is 71.5 Å². The van der Waals surface area contributed by atoms with E-state index < -0.39 is 64.6 Å². The van der Waals surface area contributed by atoms with Crippen molar-refractivity contribution in [2.24, 2.45) is 17.2 Å². The molecule has 116 heavy (non-hydrogen) atoms. The topological polar surface area (TPSA) is 722 Å². The zero-order chi connectivity index (χ0) is 86.2. The molecule has 10 aromatic rings. The minimum atomic E-state index is -1.06. The van der Waals surface area contributed by atoms with Gasteiger partial charge >= 0.3 is 42.5 Å². The Kier molecular flexibility index (Phi) is 37.1. The van der Waals surface area contributed by atoms with Crippen LogP contribution in [0, 0.1) is 6.92 Å². The van der Waals surface area contributed by atoms with Crippen LogP contribution >= 0.6 is 0 Å². The zero-order valence-electron chi connectivity index (χ0n) is 67.5. The molecule has 0 radical (unpaired) electrons. The lowest BCUT2D eigenvalue weighted by Gasteiger charge is -2.20. The van der Waals surface area contributed by atoms with E-state index >= 15 is 0 Å². The summed E-state index contributed by atoms with van der Waals surface area (Å²) in [5.41, 5.74) is 39.5. The van der Waals surface area contributed by atoms with Crippen molar-refractivity contribution in [1.82, 2.24) is 115 Å². The Morgan fingerprint density at radius 3 is 1.12 bits per heavy atom. The third kappa shape index (κ3) is 34.9. The standard InChI is InChI=1S/C16H25N7O4.C15H23N7O4.C11H17N7O2.C10H18O5.C6H9N7.C6H7N5.CH6N2.CH4/c1-6-26-10(24)7-23-9-20-11-12(17-5)21-14(22-13(11)23)18-8-19-15(25)27-16(2,3)4;1-5-25-9(23)6-22-8-19-10-11(16)20-13(21-12(10)22)17-7-18-14(24)26-15(2,3)4;1-11(2,3)20-10(19)16-5-15-9-17-7(12)6-8(18-9)14-4-13-6;1-9(2,3)14-7(11)13-8(12)15-10(4,5)6;7-1-9-6-12-4(8)3-5(13-6)11-2-10-3;1-3-10-5(7)4-6(11-3)9-2-8-4;2-1-3;/h9H,6-8H2,1-5H3,(H,19,25)(H2,17,18,21,22);8H,5-7H2,1-4H3,(H,18,24)(H3,16,17,20,21);4H,5H2,1-3H3,(H,16,19)(H4,12,13,14,15,17,18);1-6H3;2H,1,7H2,(H4,8,9,10,11,12,13);2H,1H3,(H3,7,8,9,10,11);1-3H2;1H4. The molecule has 0 spiro atoms. The molecule has 0 aliphatic rings. The van der Waals surface area contributed by atoms with Crippen LogP contribution in [0.3, 0.4) is 0 Å². The van der Waals surface area contributed by atoms with E-state index in [1.807, 2.05) is 0 Å². The lowest BCUT2D eigenvalue weighted by Crippen LogP contribution is -2.35. The van der Waals surface area contributed by atoms with Gasteiger partial charge in [0, 0.05) is 13.7 Å². The number of aromatic amines is 3. The number of nitrogens with two attached hydrogens (primary N) is 7. The van der Waals surface area contributed by atoms with Crippen molar-refractivity contribution < 1.29 is 71.5 Å². The van der Waals surface area contributed by atoms with Crippen LogP contribution in [0.4, 0.5) is 76.9 Å². The maximum atomic E-state index is 11.7. The number of ether oxygens (including phenoxy) is 8. The summed E-state index contributed by atoms with van der Waals surface area (Å²) in [5, 5.41) is 21.8. The molecular formula is C66H109N35O15. The van der Waals surface area contributed by atoms with Crippen LogP contribution in [0.15, 0.2) is 31.6 Å². The quantitative estimate of drug-likeness (QED) is 0.0235. The van der Waals surface area contributed by atoms with Gasteiger partial charge in [-0.3, -0.25) is 9.59 Å². The Morgan fingerprint density at radius 2 is 0.759 bits per heavy atom. The van der Waals surface area contributed by atoms with Gasteiger partial charge in [-0.15, -0.1) is 0 Å². The lowest BCUT2D eigenvalue weighted by atomic mass is 10.2. The number of carbonyl (C=O) groups excluding carboxylic acids is 7. The Bertz CT molecular complexity index is 4790. The predicted molar refractivity (Wildman–Crippen MR) is 431 cm³/mol. The van der Waals surface area contributed by atoms with E-state index in [1.165, 1.54) is 29.9 Å². The largest absolute Gasteiger partial charge is 0.519 e. The van der Waals surface area contributed by atoms with Gasteiger partial charge in [-0.2, -0.15) is 39.9 Å². The maximum Gasteiger partial charge on any atom is 0.519 e. The molecular weight excluding hydrogens is 1520 g/mol. The Hall–Kier alpha value is -13.7. The number of nitrogen functional groups attached to an aromatic ring is 4. The molecule has 638 valence electrons. The van der Waals surface area contributed by atoms with E-state index in [4.69, 9.17) is 61.8 Å². The van der Waals surface area contributed by atoms with Crippen molar-refractivity contribution in [1.29, 1.82) is 0 Å². The molecule has 0 unspecified atom stereocenters. The highest BCUT2D eigenvalue weighted by Crippen LogP contribution is 2.23. The summed E-state index contributed by atoms with van der Waals surface area (Å²) < 4.78 is 42.1. The van der Waals surface area contributed by atoms with E-state index in [1.54, 1.807) is 143 Å². The number of esters is 2. The van der Waals surface area contributed by atoms with Gasteiger partial charge in [-0.1, -0.05) is 7.43 Å². The SMILES string of the molecule is C.CC(C)(C)OC(=O)NCNc1nc(N)c2[nH]cnc2n1.CC(C)(C)OC(=O)OC(=O)OC(C)(C)C.CCOC(=O)Cn1cnc2c(N)nc(NCNC(=O)OC(C)(C)C)nc21.CCOC(=O)Cn1cnc2c(NC)nc(NCNC(=O)OC(C)(C)C)nc21.Cc1nc(N)c2[nH]cnc2n1.NCN.NCNc1nc(N)c2[nH]cnc2n1. The monoisotopic (exact) mass is 1630 g/mol. The summed E-state index contributed by atoms with van der Waals surface area (Å²) in [5.74, 6) is 2.67. The summed E-state index contributed by atoms with van der Waals surface area (Å²) >= 11 is 0. The molecule has 0 saturated heterocycles. The molecule has 10 heterocycles. The van der Waals surface area contributed by atoms with Crippen LogP contribution in [-0.4, -0.2) is 223 Å². The second-order valence-corrected chi connectivity index (χ2v) is 27.8. The average Bonchev–Trinajstić information content (AvgIpc) is 1.65. The second kappa shape index (κ2) is 44.5. The average molecular weight is 1630 g/mol. The van der Waals surface area contributed by atoms with Crippen LogP contribution in [0.1, 0.15) is 131 Å². The van der Waals surface area contributed by atoms with E-state index in [0.717, 1.165) is 0 Å². The number of fused-ring (bicyclic) bond motifs is 5. The number of imidazole rings is 5. The molecule has 25 N–H and O–H groups in total. The van der Waals surface area contributed by atoms with Crippen molar-refractivity contribution >= 4 is 151 Å². The number of anilines is 9. The van der Waals surface area contributed by atoms with E-state index in [9.17, 15) is 33.6 Å². The molecule has 0 fully saturated rings. The van der Waals surface area contributed by atoms with Gasteiger partial charge in [-0.25, -0.2) is 58.9 Å². The number of H-pyrrole nitrogens is 3. The highest BCUT2D eigenvalue weighted by molar-refractivity contribution is 5.87. The highest BCUT2D eigenvalue weighted by atomic mass is 16.8. The number of hydrogen-bond acceptors (Lipinski definition) is 42. The van der Waals surface area contributed by atoms with Crippen LogP contribution in [0.2, 0.25) is 0 Å². The number of nitrogens with one attached hydrogen (secondary N) is 11. The number of aromatic nitrogens is 20. The van der Waals surface area contributed by atoms with Crippen LogP contribution in [0.25, 0.3) is 55.8 Å². The zero-order valence-corrected chi connectivity index (χ0v) is 67.5. The van der Waals surface area contributed by atoms with Crippen molar-refractivity contribution in [3.63, 3.8) is 0 Å². The van der Waals surface area contributed by atoms with E-state index in [-0.39, 0.29) is 95.9 Å². The number of carbonyl (C=O) groups is 7. The van der Waals surface area contributed by atoms with Crippen molar-refractivity contribution in [3.8, 4) is 0 Å². The first-order chi connectivity index (χ1) is 53.8. The van der Waals surface area contributed by atoms with Gasteiger partial charge in [0.2, 0.25) is 23.8 Å². The molecule has 0 aliphatic heterocycles. The fourth-order valence-electron chi connectivity index (χ4n) is 8.23. The molecule has 0 aromatic carbocycles. The van der Waals surface area contributed by atoms with Crippen molar-refractivity contribution in [2.45, 2.75) is 173 Å². The Labute approximate surface area is 666 Å². The summed E-state index contributed by atoms with van der Waals surface area (Å²) in [4.78, 5) is 150. The summed E-state index contributed by atoms with van der Waals surface area (Å²) in [7, 11) is 1.70. The molecule has 0 bridgehead atoms. The van der Waals surface area contributed by atoms with Gasteiger partial charge in [0.1, 0.15) is 69.0 Å². The first-order valence-corrected chi connectivity index (χ1v) is 34.9. The summed E-state index contributed by atoms with van der Waals surface area (Å²) in [6.07, 6.45) is 3.71. The molecule has 0 atom stereocenters. The fraction of sp³-hybridized carbons (Fsp3) is 0.515.